The SMILES string of the molecule is CC1(C)c2cc(N(C3=CCCC=C3)c3ccccc3)cnc2-c2nc3c(cc21)-c1ccc(N(c2ccccc2)c2ccccc2)cc1C3(C)C. The van der Waals surface area contributed by atoms with Crippen molar-refractivity contribution in [1.29, 1.82) is 0 Å². The van der Waals surface area contributed by atoms with Gasteiger partial charge in [-0.1, -0.05) is 101 Å². The predicted octanol–water partition coefficient (Wildman–Crippen LogP) is 11.9. The van der Waals surface area contributed by atoms with Gasteiger partial charge in [-0.3, -0.25) is 4.98 Å². The standard InChI is InChI=1S/C46H40N4/c1-45(2)40-28-36(50(33-21-13-7-14-22-33)34-23-15-8-16-24-34)30-47-42(40)43-41(45)29-38-37-26-25-35(27-39(37)46(3,4)44(38)48-43)49(31-17-9-5-10-18-31)32-19-11-6-12-20-32/h5-7,9-15,17-30H,8,16H2,1-4H3. The molecule has 0 N–H and O–H groups in total. The quantitative estimate of drug-likeness (QED) is 0.180. The number of hydrogen-bond donors (Lipinski definition) is 0. The third-order valence-electron chi connectivity index (χ3n) is 10.8. The molecule has 0 spiro atoms. The molecule has 0 fully saturated rings. The van der Waals surface area contributed by atoms with E-state index in [1.54, 1.807) is 0 Å². The maximum atomic E-state index is 5.54. The van der Waals surface area contributed by atoms with Crippen molar-refractivity contribution in [3.8, 4) is 22.5 Å². The first-order chi connectivity index (χ1) is 24.3. The van der Waals surface area contributed by atoms with Crippen molar-refractivity contribution in [3.63, 3.8) is 0 Å². The van der Waals surface area contributed by atoms with E-state index in [1.165, 1.54) is 33.5 Å². The number of rotatable bonds is 6. The number of fused-ring (bicyclic) bond motifs is 6. The lowest BCUT2D eigenvalue weighted by molar-refractivity contribution is 0.631. The number of para-hydroxylation sites is 3. The average molecular weight is 649 g/mol. The van der Waals surface area contributed by atoms with Crippen molar-refractivity contribution >= 4 is 28.4 Å². The Labute approximate surface area is 295 Å². The zero-order valence-electron chi connectivity index (χ0n) is 29.1. The van der Waals surface area contributed by atoms with Gasteiger partial charge in [0.15, 0.2) is 0 Å². The summed E-state index contributed by atoms with van der Waals surface area (Å²) in [7, 11) is 0. The first-order valence-corrected chi connectivity index (χ1v) is 17.7. The largest absolute Gasteiger partial charge is 0.310 e. The fourth-order valence-electron chi connectivity index (χ4n) is 8.18. The normalized spacial score (nSPS) is 15.8. The van der Waals surface area contributed by atoms with Gasteiger partial charge in [0.2, 0.25) is 0 Å². The van der Waals surface area contributed by atoms with E-state index in [9.17, 15) is 0 Å². The van der Waals surface area contributed by atoms with Gasteiger partial charge in [0.1, 0.15) is 0 Å². The Bertz CT molecular complexity index is 2280. The van der Waals surface area contributed by atoms with Crippen molar-refractivity contribution in [2.75, 3.05) is 9.80 Å². The summed E-state index contributed by atoms with van der Waals surface area (Å²) in [5.41, 5.74) is 15.6. The molecular weight excluding hydrogens is 609 g/mol. The van der Waals surface area contributed by atoms with Gasteiger partial charge in [0.05, 0.1) is 29.0 Å². The molecule has 3 aliphatic rings. The highest BCUT2D eigenvalue weighted by Crippen LogP contribution is 2.55. The maximum Gasteiger partial charge on any atom is 0.0934 e. The topological polar surface area (TPSA) is 32.3 Å². The second kappa shape index (κ2) is 11.4. The van der Waals surface area contributed by atoms with E-state index in [4.69, 9.17) is 9.97 Å². The van der Waals surface area contributed by atoms with E-state index in [-0.39, 0.29) is 10.8 Å². The second-order valence-corrected chi connectivity index (χ2v) is 14.6. The summed E-state index contributed by atoms with van der Waals surface area (Å²) < 4.78 is 0. The van der Waals surface area contributed by atoms with Gasteiger partial charge in [0.25, 0.3) is 0 Å². The lowest BCUT2D eigenvalue weighted by Gasteiger charge is -2.29. The molecular formula is C46H40N4. The number of aromatic nitrogens is 2. The van der Waals surface area contributed by atoms with Crippen molar-refractivity contribution in [1.82, 2.24) is 9.97 Å². The minimum atomic E-state index is -0.286. The van der Waals surface area contributed by atoms with E-state index < -0.39 is 0 Å². The van der Waals surface area contributed by atoms with Crippen molar-refractivity contribution in [2.45, 2.75) is 51.4 Å². The Balaban J connectivity index is 1.14. The van der Waals surface area contributed by atoms with Crippen molar-refractivity contribution in [3.05, 3.63) is 174 Å². The Kier molecular flexibility index (Phi) is 6.93. The van der Waals surface area contributed by atoms with Crippen LogP contribution < -0.4 is 9.80 Å². The highest BCUT2D eigenvalue weighted by atomic mass is 15.2. The molecule has 0 radical (unpaired) electrons. The van der Waals surface area contributed by atoms with Gasteiger partial charge in [0, 0.05) is 44.8 Å². The number of pyridine rings is 2. The molecule has 0 aliphatic heterocycles. The Morgan fingerprint density at radius 2 is 1.12 bits per heavy atom. The molecule has 6 aromatic rings. The van der Waals surface area contributed by atoms with E-state index in [0.717, 1.165) is 58.4 Å². The van der Waals surface area contributed by atoms with Crippen LogP contribution in [0.3, 0.4) is 0 Å². The maximum absolute atomic E-state index is 5.54. The van der Waals surface area contributed by atoms with Crippen molar-refractivity contribution in [2.24, 2.45) is 0 Å². The molecule has 0 saturated carbocycles. The fourth-order valence-corrected chi connectivity index (χ4v) is 8.18. The highest BCUT2D eigenvalue weighted by molar-refractivity contribution is 5.88. The summed E-state index contributed by atoms with van der Waals surface area (Å²) in [5, 5.41) is 0. The predicted molar refractivity (Wildman–Crippen MR) is 207 cm³/mol. The summed E-state index contributed by atoms with van der Waals surface area (Å²) in [4.78, 5) is 15.4. The summed E-state index contributed by atoms with van der Waals surface area (Å²) in [6.45, 7) is 9.28. The van der Waals surface area contributed by atoms with Crippen molar-refractivity contribution < 1.29 is 0 Å². The van der Waals surface area contributed by atoms with E-state index in [0.29, 0.717) is 0 Å². The van der Waals surface area contributed by atoms with Crippen LogP contribution >= 0.6 is 0 Å². The second-order valence-electron chi connectivity index (χ2n) is 14.6. The van der Waals surface area contributed by atoms with Crippen LogP contribution in [0.5, 0.6) is 0 Å². The highest BCUT2D eigenvalue weighted by Gasteiger charge is 2.44. The number of anilines is 5. The van der Waals surface area contributed by atoms with Crippen LogP contribution in [0.2, 0.25) is 0 Å². The van der Waals surface area contributed by atoms with Crippen LogP contribution in [0.15, 0.2) is 151 Å². The minimum absolute atomic E-state index is 0.265. The van der Waals surface area contributed by atoms with E-state index in [1.807, 2.05) is 6.20 Å². The Morgan fingerprint density at radius 3 is 1.74 bits per heavy atom. The number of hydrogen-bond acceptors (Lipinski definition) is 4. The molecule has 50 heavy (non-hydrogen) atoms. The molecule has 0 amide bonds. The smallest absolute Gasteiger partial charge is 0.0934 e. The molecule has 4 nitrogen and oxygen atoms in total. The Morgan fingerprint density at radius 1 is 0.520 bits per heavy atom. The summed E-state index contributed by atoms with van der Waals surface area (Å²) in [5.74, 6) is 0. The van der Waals surface area contributed by atoms with Gasteiger partial charge >= 0.3 is 0 Å². The third kappa shape index (κ3) is 4.66. The average Bonchev–Trinajstić information content (AvgIpc) is 3.51. The van der Waals surface area contributed by atoms with Crippen LogP contribution in [0, 0.1) is 0 Å². The first-order valence-electron chi connectivity index (χ1n) is 17.7. The Hall–Kier alpha value is -5.74. The van der Waals surface area contributed by atoms with Gasteiger partial charge in [-0.2, -0.15) is 0 Å². The molecule has 0 atom stereocenters. The molecule has 4 heteroatoms. The molecule has 2 aromatic heterocycles. The number of allylic oxidation sites excluding steroid dienone is 3. The monoisotopic (exact) mass is 648 g/mol. The lowest BCUT2D eigenvalue weighted by Crippen LogP contribution is -2.20. The minimum Gasteiger partial charge on any atom is -0.310 e. The number of nitrogens with zero attached hydrogens (tertiary/aromatic N) is 4. The number of benzene rings is 4. The third-order valence-corrected chi connectivity index (χ3v) is 10.8. The summed E-state index contributed by atoms with van der Waals surface area (Å²) in [6.07, 6.45) is 11.0. The first kappa shape index (κ1) is 30.3. The lowest BCUT2D eigenvalue weighted by atomic mass is 9.82. The van der Waals surface area contributed by atoms with Crippen LogP contribution in [0.4, 0.5) is 28.4 Å². The molecule has 2 heterocycles. The van der Waals surface area contributed by atoms with Crippen LogP contribution in [-0.4, -0.2) is 9.97 Å². The fraction of sp³-hybridized carbons (Fsp3) is 0.174. The van der Waals surface area contributed by atoms with Gasteiger partial charge in [-0.05, 0) is 102 Å². The summed E-state index contributed by atoms with van der Waals surface area (Å²) in [6, 6.07) is 43.6. The molecule has 0 unspecified atom stereocenters. The molecule has 3 aliphatic carbocycles. The summed E-state index contributed by atoms with van der Waals surface area (Å²) >= 11 is 0. The van der Waals surface area contributed by atoms with E-state index in [2.05, 4.69) is 177 Å². The van der Waals surface area contributed by atoms with E-state index >= 15 is 0 Å². The van der Waals surface area contributed by atoms with Gasteiger partial charge < -0.3 is 9.80 Å². The zero-order chi connectivity index (χ0) is 34.0. The molecule has 244 valence electrons. The molecule has 4 aromatic carbocycles. The molecule has 0 bridgehead atoms. The molecule has 9 rings (SSSR count). The van der Waals surface area contributed by atoms with Crippen LogP contribution in [-0.2, 0) is 10.8 Å². The molecule has 0 saturated heterocycles. The van der Waals surface area contributed by atoms with Crippen LogP contribution in [0.25, 0.3) is 22.5 Å². The van der Waals surface area contributed by atoms with Crippen LogP contribution in [0.1, 0.15) is 62.9 Å². The van der Waals surface area contributed by atoms with Gasteiger partial charge in [-0.15, -0.1) is 0 Å². The zero-order valence-corrected chi connectivity index (χ0v) is 29.1. The van der Waals surface area contributed by atoms with Gasteiger partial charge in [-0.25, -0.2) is 4.98 Å².